The lowest BCUT2D eigenvalue weighted by molar-refractivity contribution is -0.384. The summed E-state index contributed by atoms with van der Waals surface area (Å²) in [5, 5.41) is 11.0. The van der Waals surface area contributed by atoms with Gasteiger partial charge in [-0.15, -0.1) is 0 Å². The number of carbonyl (C=O) groups is 1. The van der Waals surface area contributed by atoms with Gasteiger partial charge < -0.3 is 18.6 Å². The van der Waals surface area contributed by atoms with Crippen LogP contribution in [0, 0.1) is 10.1 Å². The van der Waals surface area contributed by atoms with E-state index in [-0.39, 0.29) is 23.4 Å². The molecule has 0 N–H and O–H groups in total. The molecule has 43 heavy (non-hydrogen) atoms. The van der Waals surface area contributed by atoms with Gasteiger partial charge in [0.1, 0.15) is 11.5 Å². The van der Waals surface area contributed by atoms with E-state index in [0.29, 0.717) is 62.4 Å². The Morgan fingerprint density at radius 3 is 2.44 bits per heavy atom. The van der Waals surface area contributed by atoms with Crippen molar-refractivity contribution in [1.29, 1.82) is 0 Å². The van der Waals surface area contributed by atoms with E-state index >= 15 is 0 Å². The van der Waals surface area contributed by atoms with Gasteiger partial charge in [0.15, 0.2) is 16.3 Å². The first-order valence-electron chi connectivity index (χ1n) is 13.7. The van der Waals surface area contributed by atoms with E-state index < -0.39 is 16.9 Å². The third-order valence-corrected chi connectivity index (χ3v) is 7.65. The molecule has 2 aromatic heterocycles. The number of nitro benzene ring substituents is 1. The molecule has 0 unspecified atom stereocenters. The Morgan fingerprint density at radius 2 is 1.77 bits per heavy atom. The fourth-order valence-corrected chi connectivity index (χ4v) is 5.83. The molecule has 3 heterocycles. The van der Waals surface area contributed by atoms with Crippen LogP contribution in [-0.2, 0) is 9.53 Å². The Morgan fingerprint density at radius 1 is 1.05 bits per heavy atom. The van der Waals surface area contributed by atoms with Crippen molar-refractivity contribution in [2.45, 2.75) is 33.7 Å². The van der Waals surface area contributed by atoms with Crippen LogP contribution in [0.25, 0.3) is 17.4 Å². The van der Waals surface area contributed by atoms with Crippen LogP contribution in [0.15, 0.2) is 80.1 Å². The number of benzene rings is 2. The molecular weight excluding hydrogens is 574 g/mol. The molecule has 1 aliphatic heterocycles. The van der Waals surface area contributed by atoms with Crippen LogP contribution < -0.4 is 24.4 Å². The molecule has 222 valence electrons. The van der Waals surface area contributed by atoms with Gasteiger partial charge in [0, 0.05) is 23.8 Å². The number of rotatable bonds is 10. The maximum Gasteiger partial charge on any atom is 0.338 e. The van der Waals surface area contributed by atoms with Gasteiger partial charge in [-0.25, -0.2) is 9.79 Å². The van der Waals surface area contributed by atoms with Crippen molar-refractivity contribution >= 4 is 29.1 Å². The molecule has 0 spiro atoms. The number of thiazole rings is 1. The molecule has 0 amide bonds. The van der Waals surface area contributed by atoms with E-state index in [0.717, 1.165) is 0 Å². The number of non-ortho nitro benzene ring substituents is 1. The van der Waals surface area contributed by atoms with Gasteiger partial charge in [0.05, 0.1) is 46.6 Å². The highest BCUT2D eigenvalue weighted by atomic mass is 32.1. The van der Waals surface area contributed by atoms with Crippen LogP contribution in [0.2, 0.25) is 0 Å². The van der Waals surface area contributed by atoms with Crippen LogP contribution >= 0.6 is 11.3 Å². The molecular formula is C31H29N3O8S. The van der Waals surface area contributed by atoms with Crippen molar-refractivity contribution < 1.29 is 28.3 Å². The number of hydrogen-bond donors (Lipinski definition) is 0. The quantitative estimate of drug-likeness (QED) is 0.144. The molecule has 4 aromatic rings. The number of ether oxygens (including phenoxy) is 3. The summed E-state index contributed by atoms with van der Waals surface area (Å²) < 4.78 is 24.7. The maximum atomic E-state index is 13.9. The number of carbonyl (C=O) groups excluding carboxylic acids is 1. The van der Waals surface area contributed by atoms with Gasteiger partial charge in [-0.2, -0.15) is 0 Å². The van der Waals surface area contributed by atoms with Gasteiger partial charge >= 0.3 is 5.97 Å². The molecule has 5 rings (SSSR count). The van der Waals surface area contributed by atoms with E-state index in [1.807, 2.05) is 13.8 Å². The third-order valence-electron chi connectivity index (χ3n) is 6.66. The standard InChI is InChI=1S/C31H29N3O8S/c1-5-39-24-14-10-20(16-25(24)40-6-2)28-27(30(36)41-7-3)18(4)32-31-33(28)29(35)26(43-31)17-22-13-15-23(42-22)19-8-11-21(12-9-19)34(37)38/h8-17,28H,5-7H2,1-4H3/b26-17-/t28-/m0/s1. The van der Waals surface area contributed by atoms with Crippen LogP contribution in [0.5, 0.6) is 11.5 Å². The van der Waals surface area contributed by atoms with Gasteiger partial charge in [-0.1, -0.05) is 17.4 Å². The molecule has 2 aromatic carbocycles. The number of nitrogens with zero attached hydrogens (tertiary/aromatic N) is 3. The summed E-state index contributed by atoms with van der Waals surface area (Å²) in [6.45, 7) is 8.18. The molecule has 0 saturated heterocycles. The highest BCUT2D eigenvalue weighted by Crippen LogP contribution is 2.36. The first-order valence-corrected chi connectivity index (χ1v) is 14.5. The SMILES string of the molecule is CCOC(=O)C1=C(C)N=c2s/c(=C\c3ccc(-c4ccc([N+](=O)[O-])cc4)o3)c(=O)n2[C@H]1c1ccc(OCC)c(OCC)c1. The number of esters is 1. The number of fused-ring (bicyclic) bond motifs is 1. The molecule has 0 aliphatic carbocycles. The van der Waals surface area contributed by atoms with Crippen molar-refractivity contribution in [3.05, 3.63) is 107 Å². The summed E-state index contributed by atoms with van der Waals surface area (Å²) in [4.78, 5) is 42.7. The smallest absolute Gasteiger partial charge is 0.338 e. The van der Waals surface area contributed by atoms with Crippen molar-refractivity contribution in [3.8, 4) is 22.8 Å². The number of hydrogen-bond acceptors (Lipinski definition) is 10. The van der Waals surface area contributed by atoms with Crippen LogP contribution in [0.1, 0.15) is 45.1 Å². The normalized spacial score (nSPS) is 14.7. The fraction of sp³-hybridized carbons (Fsp3) is 0.258. The Labute approximate surface area is 250 Å². The molecule has 1 aliphatic rings. The highest BCUT2D eigenvalue weighted by Gasteiger charge is 2.34. The van der Waals surface area contributed by atoms with Crippen LogP contribution in [0.4, 0.5) is 5.69 Å². The fourth-order valence-electron chi connectivity index (χ4n) is 4.81. The summed E-state index contributed by atoms with van der Waals surface area (Å²) in [7, 11) is 0. The Bertz CT molecular complexity index is 1900. The number of allylic oxidation sites excluding steroid dienone is 1. The van der Waals surface area contributed by atoms with Gasteiger partial charge in [0.25, 0.3) is 11.2 Å². The van der Waals surface area contributed by atoms with E-state index in [2.05, 4.69) is 4.99 Å². The predicted molar refractivity (Wildman–Crippen MR) is 160 cm³/mol. The first-order chi connectivity index (χ1) is 20.7. The second kappa shape index (κ2) is 12.5. The van der Waals surface area contributed by atoms with E-state index in [1.165, 1.54) is 28.0 Å². The zero-order chi connectivity index (χ0) is 30.7. The Hall–Kier alpha value is -4.97. The zero-order valence-corrected chi connectivity index (χ0v) is 24.8. The molecule has 0 bridgehead atoms. The largest absolute Gasteiger partial charge is 0.490 e. The van der Waals surface area contributed by atoms with Gasteiger partial charge in [-0.3, -0.25) is 19.5 Å². The van der Waals surface area contributed by atoms with Crippen molar-refractivity contribution in [1.82, 2.24) is 4.57 Å². The lowest BCUT2D eigenvalue weighted by Gasteiger charge is -2.25. The summed E-state index contributed by atoms with van der Waals surface area (Å²) in [6, 6.07) is 14.0. The molecule has 0 fully saturated rings. The minimum absolute atomic E-state index is 0.0235. The molecule has 11 nitrogen and oxygen atoms in total. The minimum atomic E-state index is -0.820. The molecule has 0 saturated carbocycles. The second-order valence-electron chi connectivity index (χ2n) is 9.38. The molecule has 12 heteroatoms. The van der Waals surface area contributed by atoms with E-state index in [1.54, 1.807) is 62.4 Å². The maximum absolute atomic E-state index is 13.9. The minimum Gasteiger partial charge on any atom is -0.490 e. The van der Waals surface area contributed by atoms with Crippen molar-refractivity contribution in [3.63, 3.8) is 0 Å². The number of furan rings is 1. The summed E-state index contributed by atoms with van der Waals surface area (Å²) in [5.74, 6) is 1.40. The molecule has 0 radical (unpaired) electrons. The van der Waals surface area contributed by atoms with Crippen LogP contribution in [0.3, 0.4) is 0 Å². The monoisotopic (exact) mass is 603 g/mol. The van der Waals surface area contributed by atoms with E-state index in [4.69, 9.17) is 18.6 Å². The average Bonchev–Trinajstić information content (AvgIpc) is 3.57. The van der Waals surface area contributed by atoms with Crippen LogP contribution in [-0.4, -0.2) is 35.3 Å². The predicted octanol–water partition coefficient (Wildman–Crippen LogP) is 4.76. The highest BCUT2D eigenvalue weighted by molar-refractivity contribution is 7.07. The van der Waals surface area contributed by atoms with Crippen molar-refractivity contribution in [2.75, 3.05) is 19.8 Å². The topological polar surface area (TPSA) is 135 Å². The lowest BCUT2D eigenvalue weighted by Crippen LogP contribution is -2.40. The summed E-state index contributed by atoms with van der Waals surface area (Å²) in [5.41, 5.74) is 1.61. The Kier molecular flexibility index (Phi) is 8.58. The first kappa shape index (κ1) is 29.5. The van der Waals surface area contributed by atoms with Crippen molar-refractivity contribution in [2.24, 2.45) is 4.99 Å². The molecule has 1 atom stereocenters. The number of aromatic nitrogens is 1. The zero-order valence-electron chi connectivity index (χ0n) is 24.0. The number of nitro groups is 1. The second-order valence-corrected chi connectivity index (χ2v) is 10.4. The van der Waals surface area contributed by atoms with Gasteiger partial charge in [0.2, 0.25) is 0 Å². The third kappa shape index (κ3) is 5.86. The van der Waals surface area contributed by atoms with E-state index in [9.17, 15) is 19.7 Å². The Balaban J connectivity index is 1.61. The average molecular weight is 604 g/mol. The summed E-state index contributed by atoms with van der Waals surface area (Å²) in [6.07, 6.45) is 1.61. The summed E-state index contributed by atoms with van der Waals surface area (Å²) >= 11 is 1.17. The lowest BCUT2D eigenvalue weighted by atomic mass is 9.95. The van der Waals surface area contributed by atoms with Gasteiger partial charge in [-0.05, 0) is 69.7 Å².